The lowest BCUT2D eigenvalue weighted by Gasteiger charge is -2.04. The molecule has 25 heavy (non-hydrogen) atoms. The summed E-state index contributed by atoms with van der Waals surface area (Å²) in [6.45, 7) is -0.593. The summed E-state index contributed by atoms with van der Waals surface area (Å²) in [5, 5.41) is 20.4. The largest absolute Gasteiger partial charge is 0.505 e. The van der Waals surface area contributed by atoms with Crippen molar-refractivity contribution in [2.45, 2.75) is 0 Å². The number of benzene rings is 1. The molecular formula is C17H13FN2O5. The number of aromatic hydroxyl groups is 1. The number of carboxylic acids is 1. The Balaban J connectivity index is 1.96. The van der Waals surface area contributed by atoms with Crippen LogP contribution >= 0.6 is 0 Å². The maximum absolute atomic E-state index is 13.0. The molecule has 1 aromatic carbocycles. The molecule has 7 nitrogen and oxygen atoms in total. The van der Waals surface area contributed by atoms with Crippen LogP contribution in [0.15, 0.2) is 36.5 Å². The number of rotatable bonds is 5. The van der Waals surface area contributed by atoms with Gasteiger partial charge < -0.3 is 20.3 Å². The fourth-order valence-electron chi connectivity index (χ4n) is 1.75. The molecule has 3 N–H and O–H groups in total. The van der Waals surface area contributed by atoms with Gasteiger partial charge in [-0.05, 0) is 18.2 Å². The molecule has 1 heterocycles. The van der Waals surface area contributed by atoms with Gasteiger partial charge in [0.05, 0.1) is 0 Å². The van der Waals surface area contributed by atoms with Crippen molar-refractivity contribution in [2.75, 3.05) is 13.2 Å². The van der Waals surface area contributed by atoms with Gasteiger partial charge in [0.25, 0.3) is 5.91 Å². The molecule has 0 aliphatic heterocycles. The minimum Gasteiger partial charge on any atom is -0.505 e. The zero-order valence-electron chi connectivity index (χ0n) is 12.8. The third-order valence-corrected chi connectivity index (χ3v) is 2.82. The van der Waals surface area contributed by atoms with Crippen molar-refractivity contribution in [2.24, 2.45) is 0 Å². The van der Waals surface area contributed by atoms with Crippen LogP contribution in [0.3, 0.4) is 0 Å². The molecule has 1 amide bonds. The lowest BCUT2D eigenvalue weighted by atomic mass is 10.2. The van der Waals surface area contributed by atoms with Crippen molar-refractivity contribution in [3.05, 3.63) is 53.6 Å². The minimum atomic E-state index is -1.21. The van der Waals surface area contributed by atoms with Crippen LogP contribution in [-0.2, 0) is 4.79 Å². The van der Waals surface area contributed by atoms with Crippen LogP contribution in [0, 0.1) is 17.7 Å². The molecule has 0 spiro atoms. The van der Waals surface area contributed by atoms with E-state index in [0.29, 0.717) is 11.3 Å². The van der Waals surface area contributed by atoms with Crippen LogP contribution in [0.2, 0.25) is 0 Å². The molecule has 8 heteroatoms. The van der Waals surface area contributed by atoms with E-state index in [2.05, 4.69) is 22.1 Å². The van der Waals surface area contributed by atoms with E-state index in [1.807, 2.05) is 0 Å². The highest BCUT2D eigenvalue weighted by Gasteiger charge is 2.13. The summed E-state index contributed by atoms with van der Waals surface area (Å²) >= 11 is 0. The molecule has 0 saturated heterocycles. The van der Waals surface area contributed by atoms with Gasteiger partial charge in [-0.25, -0.2) is 9.37 Å². The van der Waals surface area contributed by atoms with E-state index in [9.17, 15) is 19.1 Å². The number of pyridine rings is 1. The zero-order valence-corrected chi connectivity index (χ0v) is 12.8. The monoisotopic (exact) mass is 344 g/mol. The number of aromatic nitrogens is 1. The van der Waals surface area contributed by atoms with E-state index >= 15 is 0 Å². The second kappa shape index (κ2) is 8.31. The van der Waals surface area contributed by atoms with Gasteiger partial charge in [0, 0.05) is 17.8 Å². The average Bonchev–Trinajstić information content (AvgIpc) is 2.57. The predicted octanol–water partition coefficient (Wildman–Crippen LogP) is 1.17. The number of nitrogens with zero attached hydrogens (tertiary/aromatic N) is 1. The number of halogens is 1. The molecule has 2 rings (SSSR count). The molecule has 1 aromatic heterocycles. The van der Waals surface area contributed by atoms with Crippen molar-refractivity contribution < 1.29 is 28.9 Å². The normalized spacial score (nSPS) is 9.64. The topological polar surface area (TPSA) is 109 Å². The molecule has 2 aromatic rings. The molecule has 0 fully saturated rings. The molecule has 0 unspecified atom stereocenters. The second-order valence-electron chi connectivity index (χ2n) is 4.72. The molecule has 0 saturated carbocycles. The highest BCUT2D eigenvalue weighted by molar-refractivity contribution is 5.96. The van der Waals surface area contributed by atoms with Crippen LogP contribution in [0.5, 0.6) is 11.5 Å². The lowest BCUT2D eigenvalue weighted by Crippen LogP contribution is -2.29. The Bertz CT molecular complexity index is 858. The van der Waals surface area contributed by atoms with Crippen molar-refractivity contribution >= 4 is 11.9 Å². The SMILES string of the molecule is O=C(O)CNC(=O)c1ncc(C#CCOc2cccc(F)c2)cc1O. The number of ether oxygens (including phenoxy) is 1. The van der Waals surface area contributed by atoms with Gasteiger partial charge in [0.2, 0.25) is 0 Å². The van der Waals surface area contributed by atoms with Gasteiger partial charge in [0.1, 0.15) is 30.5 Å². The smallest absolute Gasteiger partial charge is 0.322 e. The quantitative estimate of drug-likeness (QED) is 0.703. The highest BCUT2D eigenvalue weighted by Crippen LogP contribution is 2.15. The predicted molar refractivity (Wildman–Crippen MR) is 84.6 cm³/mol. The summed E-state index contributed by atoms with van der Waals surface area (Å²) in [6, 6.07) is 6.83. The van der Waals surface area contributed by atoms with Crippen LogP contribution in [0.25, 0.3) is 0 Å². The number of nitrogens with one attached hydrogen (secondary N) is 1. The molecule has 0 atom stereocenters. The number of aliphatic carboxylic acids is 1. The number of amides is 1. The summed E-state index contributed by atoms with van der Waals surface area (Å²) in [4.78, 5) is 25.8. The first-order valence-corrected chi connectivity index (χ1v) is 7.02. The zero-order chi connectivity index (χ0) is 18.2. The van der Waals surface area contributed by atoms with Crippen molar-refractivity contribution in [3.8, 4) is 23.3 Å². The lowest BCUT2D eigenvalue weighted by molar-refractivity contribution is -0.135. The first-order valence-electron chi connectivity index (χ1n) is 7.02. The Labute approximate surface area is 142 Å². The third kappa shape index (κ3) is 5.51. The Kier molecular flexibility index (Phi) is 5.90. The summed E-state index contributed by atoms with van der Waals surface area (Å²) in [7, 11) is 0. The molecular weight excluding hydrogens is 331 g/mol. The highest BCUT2D eigenvalue weighted by atomic mass is 19.1. The maximum atomic E-state index is 13.0. The van der Waals surface area contributed by atoms with E-state index in [-0.39, 0.29) is 12.3 Å². The van der Waals surface area contributed by atoms with E-state index < -0.39 is 30.0 Å². The fraction of sp³-hybridized carbons (Fsp3) is 0.118. The molecule has 0 radical (unpaired) electrons. The molecule has 0 aliphatic rings. The maximum Gasteiger partial charge on any atom is 0.322 e. The van der Waals surface area contributed by atoms with E-state index in [1.54, 1.807) is 6.07 Å². The van der Waals surface area contributed by atoms with E-state index in [1.165, 1.54) is 30.5 Å². The number of hydrogen-bond donors (Lipinski definition) is 3. The van der Waals surface area contributed by atoms with Gasteiger partial charge >= 0.3 is 5.97 Å². The summed E-state index contributed by atoms with van der Waals surface area (Å²) < 4.78 is 18.2. The molecule has 128 valence electrons. The summed E-state index contributed by atoms with van der Waals surface area (Å²) in [6.07, 6.45) is 1.25. The Hall–Kier alpha value is -3.60. The third-order valence-electron chi connectivity index (χ3n) is 2.82. The van der Waals surface area contributed by atoms with Gasteiger partial charge in [-0.1, -0.05) is 17.9 Å². The van der Waals surface area contributed by atoms with Crippen LogP contribution in [-0.4, -0.2) is 40.2 Å². The molecule has 0 bridgehead atoms. The van der Waals surface area contributed by atoms with Crippen LogP contribution in [0.4, 0.5) is 4.39 Å². The number of carboxylic acid groups (broad SMARTS) is 1. The Morgan fingerprint density at radius 3 is 2.80 bits per heavy atom. The standard InChI is InChI=1S/C17H13FN2O5/c18-12-4-1-5-13(8-12)25-6-2-3-11-7-14(21)16(19-9-11)17(24)20-10-15(22)23/h1,4-5,7-9,21H,6,10H2,(H,20,24)(H,22,23). The first-order chi connectivity index (χ1) is 12.0. The fourth-order valence-corrected chi connectivity index (χ4v) is 1.75. The minimum absolute atomic E-state index is 0.00886. The van der Waals surface area contributed by atoms with Gasteiger partial charge in [-0.2, -0.15) is 0 Å². The number of hydrogen-bond acceptors (Lipinski definition) is 5. The number of carbonyl (C=O) groups is 2. The van der Waals surface area contributed by atoms with Gasteiger partial charge in [-0.15, -0.1) is 0 Å². The van der Waals surface area contributed by atoms with Crippen LogP contribution in [0.1, 0.15) is 16.1 Å². The Morgan fingerprint density at radius 2 is 2.12 bits per heavy atom. The van der Waals surface area contributed by atoms with Gasteiger partial charge in [0.15, 0.2) is 5.69 Å². The van der Waals surface area contributed by atoms with Crippen molar-refractivity contribution in [1.29, 1.82) is 0 Å². The van der Waals surface area contributed by atoms with E-state index in [4.69, 9.17) is 9.84 Å². The second-order valence-corrected chi connectivity index (χ2v) is 4.72. The van der Waals surface area contributed by atoms with Crippen molar-refractivity contribution in [3.63, 3.8) is 0 Å². The van der Waals surface area contributed by atoms with Crippen molar-refractivity contribution in [1.82, 2.24) is 10.3 Å². The molecule has 0 aliphatic carbocycles. The van der Waals surface area contributed by atoms with E-state index in [0.717, 1.165) is 0 Å². The first kappa shape index (κ1) is 17.7. The Morgan fingerprint density at radius 1 is 1.32 bits per heavy atom. The summed E-state index contributed by atoms with van der Waals surface area (Å²) in [5.41, 5.74) is 0.0259. The van der Waals surface area contributed by atoms with Gasteiger partial charge in [-0.3, -0.25) is 9.59 Å². The number of carbonyl (C=O) groups excluding carboxylic acids is 1. The summed E-state index contributed by atoms with van der Waals surface area (Å²) in [5.74, 6) is 2.79. The average molecular weight is 344 g/mol. The van der Waals surface area contributed by atoms with Crippen LogP contribution < -0.4 is 10.1 Å².